The minimum atomic E-state index is 0.620. The molecular weight excluding hydrogens is 288 g/mol. The van der Waals surface area contributed by atoms with Gasteiger partial charge in [-0.3, -0.25) is 14.6 Å². The molecule has 1 aliphatic rings. The predicted molar refractivity (Wildman–Crippen MR) is 95.8 cm³/mol. The Hall–Kier alpha value is -1.56. The van der Waals surface area contributed by atoms with Crippen molar-refractivity contribution in [1.82, 2.24) is 25.3 Å². The summed E-state index contributed by atoms with van der Waals surface area (Å²) in [7, 11) is 3.82. The van der Waals surface area contributed by atoms with Crippen LogP contribution < -0.4 is 10.6 Å². The molecule has 1 fully saturated rings. The Labute approximate surface area is 140 Å². The highest BCUT2D eigenvalue weighted by Crippen LogP contribution is 2.15. The van der Waals surface area contributed by atoms with E-state index in [2.05, 4.69) is 46.4 Å². The first-order chi connectivity index (χ1) is 11.1. The van der Waals surface area contributed by atoms with Gasteiger partial charge in [0.25, 0.3) is 0 Å². The molecule has 1 unspecified atom stereocenters. The summed E-state index contributed by atoms with van der Waals surface area (Å²) in [6.45, 7) is 10.5. The number of aliphatic imine (C=N–C) groups is 1. The Morgan fingerprint density at radius 2 is 2.09 bits per heavy atom. The van der Waals surface area contributed by atoms with Crippen molar-refractivity contribution in [2.75, 3.05) is 26.7 Å². The monoisotopic (exact) mass is 320 g/mol. The molecule has 0 amide bonds. The number of guanidine groups is 1. The van der Waals surface area contributed by atoms with Gasteiger partial charge in [-0.15, -0.1) is 0 Å². The summed E-state index contributed by atoms with van der Waals surface area (Å²) in [5.74, 6) is 0.870. The molecular formula is C17H32N6. The number of hydrogen-bond donors (Lipinski definition) is 2. The van der Waals surface area contributed by atoms with Crippen molar-refractivity contribution in [3.63, 3.8) is 0 Å². The van der Waals surface area contributed by atoms with Crippen molar-refractivity contribution in [3.8, 4) is 0 Å². The summed E-state index contributed by atoms with van der Waals surface area (Å²) in [5, 5.41) is 11.4. The molecule has 1 atom stereocenters. The van der Waals surface area contributed by atoms with Crippen molar-refractivity contribution < 1.29 is 0 Å². The molecule has 6 nitrogen and oxygen atoms in total. The van der Waals surface area contributed by atoms with Crippen LogP contribution in [0.5, 0.6) is 0 Å². The lowest BCUT2D eigenvalue weighted by Crippen LogP contribution is -2.48. The van der Waals surface area contributed by atoms with Crippen LogP contribution in [-0.2, 0) is 13.6 Å². The molecule has 6 heteroatoms. The molecule has 0 bridgehead atoms. The maximum Gasteiger partial charge on any atom is 0.191 e. The van der Waals surface area contributed by atoms with Gasteiger partial charge in [0, 0.05) is 44.5 Å². The van der Waals surface area contributed by atoms with Crippen LogP contribution in [0.1, 0.15) is 43.1 Å². The van der Waals surface area contributed by atoms with Crippen LogP contribution >= 0.6 is 0 Å². The smallest absolute Gasteiger partial charge is 0.191 e. The van der Waals surface area contributed by atoms with Gasteiger partial charge in [0.15, 0.2) is 5.96 Å². The van der Waals surface area contributed by atoms with E-state index < -0.39 is 0 Å². The van der Waals surface area contributed by atoms with E-state index in [1.807, 2.05) is 18.8 Å². The lowest BCUT2D eigenvalue weighted by molar-refractivity contribution is 0.157. The molecule has 0 aromatic carbocycles. The largest absolute Gasteiger partial charge is 0.355 e. The molecule has 0 saturated carbocycles. The van der Waals surface area contributed by atoms with Gasteiger partial charge in [-0.2, -0.15) is 5.10 Å². The first-order valence-corrected chi connectivity index (χ1v) is 8.74. The third kappa shape index (κ3) is 4.47. The normalized spacial score (nSPS) is 19.9. The molecule has 1 aromatic heterocycles. The van der Waals surface area contributed by atoms with Gasteiger partial charge in [-0.1, -0.05) is 13.3 Å². The van der Waals surface area contributed by atoms with E-state index in [1.165, 1.54) is 37.1 Å². The second-order valence-corrected chi connectivity index (χ2v) is 6.36. The van der Waals surface area contributed by atoms with E-state index in [4.69, 9.17) is 0 Å². The standard InChI is InChI=1S/C17H32N6/c1-6-23-10-8-7-9-15(23)11-19-17(18-4)20-12-16-13(2)21-22(5)14(16)3/h15H,6-12H2,1-5H3,(H2,18,19,20). The molecule has 1 aromatic rings. The summed E-state index contributed by atoms with van der Waals surface area (Å²) in [6, 6.07) is 0.620. The van der Waals surface area contributed by atoms with Gasteiger partial charge in [0.2, 0.25) is 0 Å². The Kier molecular flexibility index (Phi) is 6.45. The van der Waals surface area contributed by atoms with Crippen LogP contribution in [0.3, 0.4) is 0 Å². The van der Waals surface area contributed by atoms with E-state index in [9.17, 15) is 0 Å². The fraction of sp³-hybridized carbons (Fsp3) is 0.765. The van der Waals surface area contributed by atoms with Crippen LogP contribution in [0.2, 0.25) is 0 Å². The third-order valence-electron chi connectivity index (χ3n) is 4.98. The number of nitrogens with zero attached hydrogens (tertiary/aromatic N) is 4. The molecule has 0 spiro atoms. The molecule has 0 radical (unpaired) electrons. The number of aromatic nitrogens is 2. The summed E-state index contributed by atoms with van der Waals surface area (Å²) in [6.07, 6.45) is 3.94. The average molecular weight is 320 g/mol. The minimum absolute atomic E-state index is 0.620. The van der Waals surface area contributed by atoms with Crippen LogP contribution in [0.25, 0.3) is 0 Å². The molecule has 130 valence electrons. The topological polar surface area (TPSA) is 57.5 Å². The zero-order chi connectivity index (χ0) is 16.8. The lowest BCUT2D eigenvalue weighted by Gasteiger charge is -2.35. The number of likely N-dealkylation sites (N-methyl/N-ethyl adjacent to an activating group) is 1. The summed E-state index contributed by atoms with van der Waals surface area (Å²) in [4.78, 5) is 6.92. The molecule has 2 N–H and O–H groups in total. The quantitative estimate of drug-likeness (QED) is 0.639. The van der Waals surface area contributed by atoms with Crippen LogP contribution in [0, 0.1) is 13.8 Å². The molecule has 0 aliphatic carbocycles. The molecule has 2 heterocycles. The minimum Gasteiger partial charge on any atom is -0.355 e. The van der Waals surface area contributed by atoms with Gasteiger partial charge in [-0.05, 0) is 39.8 Å². The maximum atomic E-state index is 4.46. The van der Waals surface area contributed by atoms with Crippen LogP contribution in [-0.4, -0.2) is 53.4 Å². The number of likely N-dealkylation sites (tertiary alicyclic amines) is 1. The number of rotatable bonds is 5. The third-order valence-corrected chi connectivity index (χ3v) is 4.98. The number of piperidine rings is 1. The van der Waals surface area contributed by atoms with Crippen molar-refractivity contribution in [3.05, 3.63) is 17.0 Å². The van der Waals surface area contributed by atoms with Gasteiger partial charge in [-0.25, -0.2) is 0 Å². The Morgan fingerprint density at radius 3 is 2.70 bits per heavy atom. The van der Waals surface area contributed by atoms with Gasteiger partial charge < -0.3 is 10.6 Å². The fourth-order valence-electron chi connectivity index (χ4n) is 3.39. The highest BCUT2D eigenvalue weighted by atomic mass is 15.3. The molecule has 2 rings (SSSR count). The first kappa shape index (κ1) is 17.8. The maximum absolute atomic E-state index is 4.46. The van der Waals surface area contributed by atoms with E-state index >= 15 is 0 Å². The predicted octanol–water partition coefficient (Wildman–Crippen LogP) is 1.58. The van der Waals surface area contributed by atoms with E-state index in [-0.39, 0.29) is 0 Å². The van der Waals surface area contributed by atoms with E-state index in [0.29, 0.717) is 6.04 Å². The van der Waals surface area contributed by atoms with Crippen molar-refractivity contribution >= 4 is 5.96 Å². The van der Waals surface area contributed by atoms with Crippen LogP contribution in [0.15, 0.2) is 4.99 Å². The molecule has 23 heavy (non-hydrogen) atoms. The van der Waals surface area contributed by atoms with Gasteiger partial charge in [0.1, 0.15) is 0 Å². The first-order valence-electron chi connectivity index (χ1n) is 8.74. The Morgan fingerprint density at radius 1 is 1.30 bits per heavy atom. The Bertz CT molecular complexity index is 533. The van der Waals surface area contributed by atoms with Gasteiger partial charge in [0.05, 0.1) is 5.69 Å². The van der Waals surface area contributed by atoms with Crippen LogP contribution in [0.4, 0.5) is 0 Å². The van der Waals surface area contributed by atoms with Crippen molar-refractivity contribution in [2.45, 2.75) is 52.6 Å². The molecule has 1 aliphatic heterocycles. The van der Waals surface area contributed by atoms with Gasteiger partial charge >= 0.3 is 0 Å². The average Bonchev–Trinajstić information content (AvgIpc) is 2.81. The zero-order valence-electron chi connectivity index (χ0n) is 15.3. The number of hydrogen-bond acceptors (Lipinski definition) is 3. The van der Waals surface area contributed by atoms with Crippen molar-refractivity contribution in [1.29, 1.82) is 0 Å². The lowest BCUT2D eigenvalue weighted by atomic mass is 10.0. The fourth-order valence-corrected chi connectivity index (χ4v) is 3.39. The zero-order valence-corrected chi connectivity index (χ0v) is 15.3. The number of aryl methyl sites for hydroxylation is 2. The summed E-state index contributed by atoms with van der Waals surface area (Å²) < 4.78 is 1.93. The highest BCUT2D eigenvalue weighted by Gasteiger charge is 2.20. The second kappa shape index (κ2) is 8.34. The second-order valence-electron chi connectivity index (χ2n) is 6.36. The molecule has 1 saturated heterocycles. The summed E-state index contributed by atoms with van der Waals surface area (Å²) >= 11 is 0. The number of nitrogens with one attached hydrogen (secondary N) is 2. The van der Waals surface area contributed by atoms with Crippen molar-refractivity contribution in [2.24, 2.45) is 12.0 Å². The van der Waals surface area contributed by atoms with E-state index in [0.717, 1.165) is 31.3 Å². The SMILES string of the molecule is CCN1CCCCC1CNC(=NC)NCc1c(C)nn(C)c1C. The van der Waals surface area contributed by atoms with E-state index in [1.54, 1.807) is 0 Å². The highest BCUT2D eigenvalue weighted by molar-refractivity contribution is 5.79. The summed E-state index contributed by atoms with van der Waals surface area (Å²) in [5.41, 5.74) is 3.54. The Balaban J connectivity index is 1.86.